The topological polar surface area (TPSA) is 78.8 Å². The Hall–Kier alpha value is -2.22. The van der Waals surface area contributed by atoms with Gasteiger partial charge in [0.2, 0.25) is 10.0 Å². The third-order valence-corrected chi connectivity index (χ3v) is 6.79. The highest BCUT2D eigenvalue weighted by molar-refractivity contribution is 7.89. The van der Waals surface area contributed by atoms with Crippen molar-refractivity contribution in [1.82, 2.24) is 9.73 Å². The van der Waals surface area contributed by atoms with Crippen molar-refractivity contribution in [2.24, 2.45) is 5.10 Å². The number of halogens is 1. The van der Waals surface area contributed by atoms with Gasteiger partial charge in [-0.15, -0.1) is 0 Å². The molecule has 0 aliphatic rings. The third-order valence-electron chi connectivity index (χ3n) is 4.68. The van der Waals surface area contributed by atoms with Gasteiger partial charge in [-0.3, -0.25) is 4.79 Å². The average Bonchev–Trinajstić information content (AvgIpc) is 2.76. The molecule has 31 heavy (non-hydrogen) atoms. The minimum Gasteiger partial charge on any atom is -0.272 e. The third kappa shape index (κ3) is 8.09. The zero-order chi connectivity index (χ0) is 22.7. The molecule has 1 amide bonds. The predicted octanol–water partition coefficient (Wildman–Crippen LogP) is 4.65. The lowest BCUT2D eigenvalue weighted by atomic mass is 10.1. The second-order valence-corrected chi connectivity index (χ2v) is 9.62. The Labute approximate surface area is 190 Å². The lowest BCUT2D eigenvalue weighted by Crippen LogP contribution is -2.40. The van der Waals surface area contributed by atoms with E-state index in [1.54, 1.807) is 0 Å². The van der Waals surface area contributed by atoms with Crippen molar-refractivity contribution >= 4 is 33.2 Å². The average molecular weight is 464 g/mol. The van der Waals surface area contributed by atoms with Crippen LogP contribution in [0.2, 0.25) is 5.02 Å². The van der Waals surface area contributed by atoms with E-state index >= 15 is 0 Å². The number of rotatable bonds is 12. The van der Waals surface area contributed by atoms with E-state index in [0.29, 0.717) is 11.4 Å². The summed E-state index contributed by atoms with van der Waals surface area (Å²) in [5, 5.41) is 4.66. The van der Waals surface area contributed by atoms with E-state index in [-0.39, 0.29) is 18.0 Å². The van der Waals surface area contributed by atoms with Gasteiger partial charge < -0.3 is 0 Å². The van der Waals surface area contributed by atoms with Gasteiger partial charge in [0, 0.05) is 17.3 Å². The summed E-state index contributed by atoms with van der Waals surface area (Å²) in [6, 6.07) is 15.5. The number of carbonyl (C=O) groups excluding carboxylic acids is 1. The Morgan fingerprint density at radius 3 is 2.19 bits per heavy atom. The van der Waals surface area contributed by atoms with Gasteiger partial charge >= 0.3 is 0 Å². The molecule has 0 unspecified atom stereocenters. The highest BCUT2D eigenvalue weighted by Gasteiger charge is 2.26. The molecule has 0 saturated heterocycles. The first-order chi connectivity index (χ1) is 14.9. The van der Waals surface area contributed by atoms with Crippen molar-refractivity contribution in [3.8, 4) is 0 Å². The fourth-order valence-electron chi connectivity index (χ4n) is 3.09. The van der Waals surface area contributed by atoms with Crippen molar-refractivity contribution in [3.63, 3.8) is 0 Å². The summed E-state index contributed by atoms with van der Waals surface area (Å²) in [4.78, 5) is 12.7. The van der Waals surface area contributed by atoms with E-state index in [0.717, 1.165) is 37.0 Å². The molecular formula is C23H30ClN3O3S. The van der Waals surface area contributed by atoms with Crippen LogP contribution in [0.25, 0.3) is 0 Å². The highest BCUT2D eigenvalue weighted by atomic mass is 35.5. The van der Waals surface area contributed by atoms with Crippen molar-refractivity contribution in [3.05, 3.63) is 65.2 Å². The van der Waals surface area contributed by atoms with Gasteiger partial charge in [0.25, 0.3) is 5.91 Å². The first kappa shape index (κ1) is 25.0. The summed E-state index contributed by atoms with van der Waals surface area (Å²) in [6.45, 7) is 3.96. The van der Waals surface area contributed by atoms with Crippen LogP contribution in [0.5, 0.6) is 0 Å². The molecule has 0 atom stereocenters. The van der Waals surface area contributed by atoms with Crippen LogP contribution in [0.3, 0.4) is 0 Å². The van der Waals surface area contributed by atoms with Crippen LogP contribution < -0.4 is 5.43 Å². The number of amides is 1. The van der Waals surface area contributed by atoms with Crippen LogP contribution in [0.15, 0.2) is 64.6 Å². The monoisotopic (exact) mass is 463 g/mol. The smallest absolute Gasteiger partial charge is 0.255 e. The van der Waals surface area contributed by atoms with Gasteiger partial charge in [0.15, 0.2) is 0 Å². The summed E-state index contributed by atoms with van der Waals surface area (Å²) in [7, 11) is -3.88. The molecule has 168 valence electrons. The maximum absolute atomic E-state index is 13.2. The largest absolute Gasteiger partial charge is 0.272 e. The lowest BCUT2D eigenvalue weighted by molar-refractivity contribution is -0.121. The van der Waals surface area contributed by atoms with Crippen molar-refractivity contribution in [2.75, 3.05) is 13.1 Å². The van der Waals surface area contributed by atoms with Crippen LogP contribution in [0.4, 0.5) is 0 Å². The second kappa shape index (κ2) is 12.6. The molecule has 2 aromatic carbocycles. The van der Waals surface area contributed by atoms with Crippen LogP contribution in [-0.4, -0.2) is 37.4 Å². The van der Waals surface area contributed by atoms with Gasteiger partial charge in [-0.05, 0) is 49.1 Å². The van der Waals surface area contributed by atoms with Gasteiger partial charge in [-0.25, -0.2) is 13.8 Å². The van der Waals surface area contributed by atoms with Gasteiger partial charge in [-0.2, -0.15) is 9.41 Å². The molecule has 8 heteroatoms. The Morgan fingerprint density at radius 1 is 1.00 bits per heavy atom. The summed E-state index contributed by atoms with van der Waals surface area (Å²) in [5.74, 6) is -0.463. The van der Waals surface area contributed by atoms with Crippen LogP contribution >= 0.6 is 11.6 Å². The molecule has 0 aromatic heterocycles. The fraction of sp³-hybridized carbons (Fsp3) is 0.391. The zero-order valence-corrected chi connectivity index (χ0v) is 19.6. The molecule has 0 aliphatic heterocycles. The molecule has 6 nitrogen and oxygen atoms in total. The maximum Gasteiger partial charge on any atom is 0.255 e. The van der Waals surface area contributed by atoms with E-state index in [4.69, 9.17) is 11.6 Å². The van der Waals surface area contributed by atoms with Gasteiger partial charge in [0.1, 0.15) is 0 Å². The summed E-state index contributed by atoms with van der Waals surface area (Å²) in [5.41, 5.74) is 4.44. The maximum atomic E-state index is 13.2. The van der Waals surface area contributed by atoms with Crippen molar-refractivity contribution in [2.45, 2.75) is 50.8 Å². The predicted molar refractivity (Wildman–Crippen MR) is 126 cm³/mol. The van der Waals surface area contributed by atoms with Crippen LogP contribution in [0, 0.1) is 0 Å². The summed E-state index contributed by atoms with van der Waals surface area (Å²) < 4.78 is 27.6. The Morgan fingerprint density at radius 2 is 1.61 bits per heavy atom. The zero-order valence-electron chi connectivity index (χ0n) is 18.1. The number of hydrogen-bond acceptors (Lipinski definition) is 4. The normalized spacial score (nSPS) is 11.4. The van der Waals surface area contributed by atoms with E-state index in [1.807, 2.05) is 30.3 Å². The number of hydrazone groups is 1. The number of carbonyl (C=O) groups is 1. The standard InChI is InChI=1S/C23H30ClN3O3S/c1-3-8-21(9-4-2)25-26-23(28)18-27(17-16-19-10-6-5-7-11-19)31(29,30)22-14-12-20(24)13-15-22/h5-7,10-15H,3-4,8-9,16-18H2,1-2H3,(H,26,28). The molecule has 0 saturated carbocycles. The lowest BCUT2D eigenvalue weighted by Gasteiger charge is -2.21. The van der Waals surface area contributed by atoms with Gasteiger partial charge in [0.05, 0.1) is 11.4 Å². The van der Waals surface area contributed by atoms with Crippen LogP contribution in [-0.2, 0) is 21.2 Å². The number of nitrogens with zero attached hydrogens (tertiary/aromatic N) is 2. The van der Waals surface area contributed by atoms with E-state index in [9.17, 15) is 13.2 Å². The molecule has 0 radical (unpaired) electrons. The molecule has 1 N–H and O–H groups in total. The second-order valence-electron chi connectivity index (χ2n) is 7.24. The quantitative estimate of drug-likeness (QED) is 0.367. The fourth-order valence-corrected chi connectivity index (χ4v) is 4.61. The molecule has 0 bridgehead atoms. The Kier molecular flexibility index (Phi) is 10.2. The van der Waals surface area contributed by atoms with E-state index in [1.165, 1.54) is 28.6 Å². The molecule has 2 aromatic rings. The van der Waals surface area contributed by atoms with E-state index in [2.05, 4.69) is 24.4 Å². The first-order valence-corrected chi connectivity index (χ1v) is 12.3. The number of hydrogen-bond donors (Lipinski definition) is 1. The highest BCUT2D eigenvalue weighted by Crippen LogP contribution is 2.19. The number of benzene rings is 2. The summed E-state index contributed by atoms with van der Waals surface area (Å²) in [6.07, 6.45) is 3.96. The van der Waals surface area contributed by atoms with Crippen LogP contribution in [0.1, 0.15) is 45.1 Å². The number of sulfonamides is 1. The van der Waals surface area contributed by atoms with Crippen molar-refractivity contribution < 1.29 is 13.2 Å². The minimum atomic E-state index is -3.88. The van der Waals surface area contributed by atoms with E-state index < -0.39 is 15.9 Å². The van der Waals surface area contributed by atoms with Crippen molar-refractivity contribution in [1.29, 1.82) is 0 Å². The van der Waals surface area contributed by atoms with Gasteiger partial charge in [-0.1, -0.05) is 68.6 Å². The molecule has 0 fully saturated rings. The Balaban J connectivity index is 2.19. The molecule has 0 heterocycles. The summed E-state index contributed by atoms with van der Waals surface area (Å²) >= 11 is 5.90. The number of nitrogens with one attached hydrogen (secondary N) is 1. The minimum absolute atomic E-state index is 0.0962. The first-order valence-electron chi connectivity index (χ1n) is 10.5. The molecular weight excluding hydrogens is 434 g/mol. The SMILES string of the molecule is CCCC(CCC)=NNC(=O)CN(CCc1ccccc1)S(=O)(=O)c1ccc(Cl)cc1. The molecule has 0 spiro atoms. The Bertz CT molecular complexity index is 953. The molecule has 2 rings (SSSR count). The molecule has 0 aliphatic carbocycles.